The van der Waals surface area contributed by atoms with Crippen molar-refractivity contribution in [1.29, 1.82) is 0 Å². The van der Waals surface area contributed by atoms with E-state index in [1.807, 2.05) is 42.3 Å². The van der Waals surface area contributed by atoms with Crippen LogP contribution in [0.4, 0.5) is 11.4 Å². The van der Waals surface area contributed by atoms with Crippen LogP contribution in [-0.4, -0.2) is 25.4 Å². The molecule has 0 saturated heterocycles. The zero-order valence-electron chi connectivity index (χ0n) is 15.0. The molecule has 3 rings (SSSR count). The van der Waals surface area contributed by atoms with E-state index >= 15 is 0 Å². The summed E-state index contributed by atoms with van der Waals surface area (Å²) >= 11 is 0. The van der Waals surface area contributed by atoms with Gasteiger partial charge < -0.3 is 20.0 Å². The fraction of sp³-hybridized carbons (Fsp3) is 0.143. The smallest absolute Gasteiger partial charge is 0.253 e. The van der Waals surface area contributed by atoms with Crippen molar-refractivity contribution >= 4 is 23.2 Å². The molecule has 0 aliphatic carbocycles. The van der Waals surface area contributed by atoms with Crippen LogP contribution >= 0.6 is 0 Å². The molecular formula is C21H21N3O3. The predicted octanol–water partition coefficient (Wildman–Crippen LogP) is 3.28. The molecule has 0 radical (unpaired) electrons. The molecule has 2 N–H and O–H groups in total. The van der Waals surface area contributed by atoms with Crippen LogP contribution < -0.4 is 15.5 Å². The number of benzene rings is 2. The predicted molar refractivity (Wildman–Crippen MR) is 105 cm³/mol. The summed E-state index contributed by atoms with van der Waals surface area (Å²) in [6.07, 6.45) is 1.55. The number of nitrogens with one attached hydrogen (secondary N) is 2. The number of hydrogen-bond acceptors (Lipinski definition) is 4. The first kappa shape index (κ1) is 18.3. The molecule has 2 aromatic carbocycles. The van der Waals surface area contributed by atoms with Gasteiger partial charge >= 0.3 is 0 Å². The number of nitrogens with zero attached hydrogens (tertiary/aromatic N) is 1. The lowest BCUT2D eigenvalue weighted by molar-refractivity contribution is -0.114. The minimum atomic E-state index is -0.279. The Morgan fingerprint density at radius 1 is 0.963 bits per heavy atom. The summed E-state index contributed by atoms with van der Waals surface area (Å²) in [4.78, 5) is 26.7. The van der Waals surface area contributed by atoms with Gasteiger partial charge in [0.1, 0.15) is 5.76 Å². The van der Waals surface area contributed by atoms with Gasteiger partial charge in [-0.3, -0.25) is 9.59 Å². The van der Waals surface area contributed by atoms with Crippen LogP contribution in [-0.2, 0) is 11.3 Å². The number of amides is 2. The number of carbonyl (C=O) groups excluding carboxylic acids is 2. The number of para-hydroxylation sites is 2. The summed E-state index contributed by atoms with van der Waals surface area (Å²) in [5, 5.41) is 5.61. The summed E-state index contributed by atoms with van der Waals surface area (Å²) in [7, 11) is 1.84. The van der Waals surface area contributed by atoms with Gasteiger partial charge in [0.2, 0.25) is 5.91 Å². The topological polar surface area (TPSA) is 74.6 Å². The first-order chi connectivity index (χ1) is 13.1. The largest absolute Gasteiger partial charge is 0.467 e. The van der Waals surface area contributed by atoms with Gasteiger partial charge in [-0.05, 0) is 36.4 Å². The van der Waals surface area contributed by atoms with Gasteiger partial charge in [0.05, 0.1) is 30.6 Å². The second-order valence-corrected chi connectivity index (χ2v) is 6.05. The molecule has 0 aliphatic rings. The third kappa shape index (κ3) is 4.98. The molecule has 1 heterocycles. The van der Waals surface area contributed by atoms with Crippen molar-refractivity contribution in [3.8, 4) is 0 Å². The van der Waals surface area contributed by atoms with Crippen molar-refractivity contribution in [2.45, 2.75) is 6.54 Å². The molecule has 0 spiro atoms. The van der Waals surface area contributed by atoms with E-state index in [4.69, 9.17) is 4.42 Å². The molecule has 6 nitrogen and oxygen atoms in total. The van der Waals surface area contributed by atoms with Gasteiger partial charge in [0.25, 0.3) is 5.91 Å². The average Bonchev–Trinajstić information content (AvgIpc) is 3.21. The number of hydrogen-bond donors (Lipinski definition) is 2. The van der Waals surface area contributed by atoms with Crippen LogP contribution in [0.5, 0.6) is 0 Å². The second-order valence-electron chi connectivity index (χ2n) is 6.05. The summed E-state index contributed by atoms with van der Waals surface area (Å²) in [6, 6.07) is 20.1. The first-order valence-electron chi connectivity index (χ1n) is 8.59. The van der Waals surface area contributed by atoms with Crippen molar-refractivity contribution in [3.05, 3.63) is 84.3 Å². The molecule has 0 fully saturated rings. The highest BCUT2D eigenvalue weighted by Crippen LogP contribution is 2.16. The standard InChI is InChI=1S/C21H21N3O3/c1-24(16-8-3-2-4-9-16)15-20(25)23-19-12-6-5-11-18(19)21(26)22-14-17-10-7-13-27-17/h2-13H,14-15H2,1H3,(H,22,26)(H,23,25). The Kier molecular flexibility index (Phi) is 5.89. The van der Waals surface area contributed by atoms with Crippen LogP contribution in [0.15, 0.2) is 77.4 Å². The zero-order valence-corrected chi connectivity index (χ0v) is 15.0. The molecule has 138 valence electrons. The first-order valence-corrected chi connectivity index (χ1v) is 8.59. The minimum Gasteiger partial charge on any atom is -0.467 e. The summed E-state index contributed by atoms with van der Waals surface area (Å²) < 4.78 is 5.21. The lowest BCUT2D eigenvalue weighted by Crippen LogP contribution is -2.31. The van der Waals surface area contributed by atoms with E-state index in [1.54, 1.807) is 42.7 Å². The molecule has 0 saturated carbocycles. The molecule has 0 aliphatic heterocycles. The Hall–Kier alpha value is -3.54. The maximum Gasteiger partial charge on any atom is 0.253 e. The number of likely N-dealkylation sites (N-methyl/N-ethyl adjacent to an activating group) is 1. The highest BCUT2D eigenvalue weighted by molar-refractivity contribution is 6.04. The van der Waals surface area contributed by atoms with Crippen LogP contribution in [0.2, 0.25) is 0 Å². The summed E-state index contributed by atoms with van der Waals surface area (Å²) in [5.41, 5.74) is 1.82. The van der Waals surface area contributed by atoms with Gasteiger partial charge in [0.15, 0.2) is 0 Å². The van der Waals surface area contributed by atoms with Gasteiger partial charge in [0, 0.05) is 12.7 Å². The Morgan fingerprint density at radius 3 is 2.44 bits per heavy atom. The number of furan rings is 1. The van der Waals surface area contributed by atoms with E-state index in [1.165, 1.54) is 0 Å². The Balaban J connectivity index is 1.63. The lowest BCUT2D eigenvalue weighted by atomic mass is 10.1. The fourth-order valence-corrected chi connectivity index (χ4v) is 2.64. The van der Waals surface area contributed by atoms with E-state index in [0.29, 0.717) is 17.0 Å². The van der Waals surface area contributed by atoms with E-state index in [0.717, 1.165) is 5.69 Å². The van der Waals surface area contributed by atoms with Crippen molar-refractivity contribution in [2.75, 3.05) is 23.8 Å². The number of anilines is 2. The highest BCUT2D eigenvalue weighted by atomic mass is 16.3. The second kappa shape index (κ2) is 8.71. The Labute approximate surface area is 157 Å². The number of carbonyl (C=O) groups is 2. The molecule has 27 heavy (non-hydrogen) atoms. The fourth-order valence-electron chi connectivity index (χ4n) is 2.64. The molecule has 0 bridgehead atoms. The number of rotatable bonds is 7. The maximum absolute atomic E-state index is 12.5. The van der Waals surface area contributed by atoms with Crippen LogP contribution in [0.25, 0.3) is 0 Å². The van der Waals surface area contributed by atoms with Gasteiger partial charge in [-0.15, -0.1) is 0 Å². The van der Waals surface area contributed by atoms with Crippen molar-refractivity contribution < 1.29 is 14.0 Å². The van der Waals surface area contributed by atoms with Crippen LogP contribution in [0.1, 0.15) is 16.1 Å². The van der Waals surface area contributed by atoms with Crippen molar-refractivity contribution in [3.63, 3.8) is 0 Å². The molecule has 6 heteroatoms. The monoisotopic (exact) mass is 363 g/mol. The molecule has 3 aromatic rings. The molecular weight excluding hydrogens is 342 g/mol. The maximum atomic E-state index is 12.5. The van der Waals surface area contributed by atoms with Gasteiger partial charge in [-0.1, -0.05) is 30.3 Å². The van der Waals surface area contributed by atoms with Gasteiger partial charge in [-0.25, -0.2) is 0 Å². The quantitative estimate of drug-likeness (QED) is 0.676. The average molecular weight is 363 g/mol. The zero-order chi connectivity index (χ0) is 19.1. The normalized spacial score (nSPS) is 10.3. The van der Waals surface area contributed by atoms with Crippen LogP contribution in [0, 0.1) is 0 Å². The van der Waals surface area contributed by atoms with Crippen molar-refractivity contribution in [1.82, 2.24) is 5.32 Å². The SMILES string of the molecule is CN(CC(=O)Nc1ccccc1C(=O)NCc1ccco1)c1ccccc1. The lowest BCUT2D eigenvalue weighted by Gasteiger charge is -2.19. The molecule has 1 aromatic heterocycles. The van der Waals surface area contributed by atoms with Crippen LogP contribution in [0.3, 0.4) is 0 Å². The summed E-state index contributed by atoms with van der Waals surface area (Å²) in [6.45, 7) is 0.456. The molecule has 0 atom stereocenters. The molecule has 0 unspecified atom stereocenters. The van der Waals surface area contributed by atoms with E-state index in [9.17, 15) is 9.59 Å². The summed E-state index contributed by atoms with van der Waals surface area (Å²) in [5.74, 6) is 0.181. The van der Waals surface area contributed by atoms with E-state index < -0.39 is 0 Å². The third-order valence-electron chi connectivity index (χ3n) is 4.03. The van der Waals surface area contributed by atoms with E-state index in [2.05, 4.69) is 10.6 Å². The highest BCUT2D eigenvalue weighted by Gasteiger charge is 2.14. The van der Waals surface area contributed by atoms with Crippen molar-refractivity contribution in [2.24, 2.45) is 0 Å². The minimum absolute atomic E-state index is 0.173. The van der Waals surface area contributed by atoms with E-state index in [-0.39, 0.29) is 24.9 Å². The molecule has 2 amide bonds. The third-order valence-corrected chi connectivity index (χ3v) is 4.03. The van der Waals surface area contributed by atoms with Gasteiger partial charge in [-0.2, -0.15) is 0 Å². The Bertz CT molecular complexity index is 892. The Morgan fingerprint density at radius 2 is 1.70 bits per heavy atom.